The van der Waals surface area contributed by atoms with Crippen LogP contribution < -0.4 is 0 Å². The van der Waals surface area contributed by atoms with Crippen molar-refractivity contribution in [3.8, 4) is 5.69 Å². The van der Waals surface area contributed by atoms with Crippen molar-refractivity contribution in [2.45, 2.75) is 38.5 Å². The van der Waals surface area contributed by atoms with Gasteiger partial charge < -0.3 is 8.98 Å². The van der Waals surface area contributed by atoms with E-state index >= 15 is 0 Å². The molecule has 0 atom stereocenters. The fourth-order valence-corrected chi connectivity index (χ4v) is 5.79. The van der Waals surface area contributed by atoms with Crippen molar-refractivity contribution in [1.29, 1.82) is 0 Å². The average Bonchev–Trinajstić information content (AvgIpc) is 3.40. The second kappa shape index (κ2) is 7.00. The van der Waals surface area contributed by atoms with Crippen LogP contribution in [-0.4, -0.2) is 4.57 Å². The number of allylic oxidation sites excluding steroid dienone is 4. The Hall–Kier alpha value is -3.52. The van der Waals surface area contributed by atoms with Crippen LogP contribution in [0.5, 0.6) is 0 Å². The van der Waals surface area contributed by atoms with E-state index in [-0.39, 0.29) is 0 Å². The molecular formula is C30H25NO. The summed E-state index contributed by atoms with van der Waals surface area (Å²) in [5.41, 5.74) is 10.3. The lowest BCUT2D eigenvalue weighted by Crippen LogP contribution is -2.07. The number of aromatic nitrogens is 1. The number of hydrogen-bond acceptors (Lipinski definition) is 1. The zero-order valence-electron chi connectivity index (χ0n) is 18.1. The average molecular weight is 416 g/mol. The van der Waals surface area contributed by atoms with Crippen molar-refractivity contribution < 1.29 is 4.42 Å². The van der Waals surface area contributed by atoms with Crippen molar-refractivity contribution >= 4 is 38.4 Å². The third-order valence-corrected chi connectivity index (χ3v) is 7.27. The zero-order valence-corrected chi connectivity index (χ0v) is 18.1. The Bertz CT molecular complexity index is 1570. The van der Waals surface area contributed by atoms with E-state index in [1.54, 1.807) is 0 Å². The van der Waals surface area contributed by atoms with Gasteiger partial charge in [-0.3, -0.25) is 0 Å². The van der Waals surface area contributed by atoms with Gasteiger partial charge >= 0.3 is 0 Å². The second-order valence-electron chi connectivity index (χ2n) is 9.11. The van der Waals surface area contributed by atoms with Crippen molar-refractivity contribution in [2.24, 2.45) is 0 Å². The molecule has 32 heavy (non-hydrogen) atoms. The van der Waals surface area contributed by atoms with E-state index in [9.17, 15) is 0 Å². The Morgan fingerprint density at radius 1 is 0.812 bits per heavy atom. The van der Waals surface area contributed by atoms with E-state index in [0.717, 1.165) is 36.8 Å². The number of aryl methyl sites for hydroxylation is 1. The molecule has 2 aliphatic carbocycles. The number of benzene rings is 3. The van der Waals surface area contributed by atoms with Crippen molar-refractivity contribution in [2.75, 3.05) is 0 Å². The predicted octanol–water partition coefficient (Wildman–Crippen LogP) is 8.14. The molecule has 0 fully saturated rings. The first-order chi connectivity index (χ1) is 15.9. The minimum Gasteiger partial charge on any atom is -0.455 e. The summed E-state index contributed by atoms with van der Waals surface area (Å²) in [5.74, 6) is 0. The first-order valence-corrected chi connectivity index (χ1v) is 11.8. The Morgan fingerprint density at radius 3 is 2.69 bits per heavy atom. The van der Waals surface area contributed by atoms with Gasteiger partial charge in [0, 0.05) is 27.5 Å². The molecule has 2 heterocycles. The summed E-state index contributed by atoms with van der Waals surface area (Å²) in [6.45, 7) is 0. The molecule has 0 saturated carbocycles. The molecule has 0 amide bonds. The Balaban J connectivity index is 1.53. The van der Waals surface area contributed by atoms with E-state index in [1.165, 1.54) is 62.6 Å². The van der Waals surface area contributed by atoms with Crippen LogP contribution in [0, 0.1) is 0 Å². The topological polar surface area (TPSA) is 18.1 Å². The Morgan fingerprint density at radius 2 is 1.75 bits per heavy atom. The molecule has 7 rings (SSSR count). The van der Waals surface area contributed by atoms with Crippen LogP contribution in [-0.2, 0) is 12.8 Å². The molecule has 5 aromatic rings. The highest BCUT2D eigenvalue weighted by molar-refractivity contribution is 6.16. The first kappa shape index (κ1) is 18.1. The van der Waals surface area contributed by atoms with Crippen molar-refractivity contribution in [3.05, 3.63) is 95.7 Å². The molecule has 0 spiro atoms. The zero-order chi connectivity index (χ0) is 21.1. The summed E-state index contributed by atoms with van der Waals surface area (Å²) in [6.07, 6.45) is 13.7. The van der Waals surface area contributed by atoms with E-state index in [1.807, 2.05) is 0 Å². The van der Waals surface area contributed by atoms with Crippen LogP contribution in [0.1, 0.15) is 42.5 Å². The predicted molar refractivity (Wildman–Crippen MR) is 134 cm³/mol. The SMILES string of the molecule is C1=CCCC(c2cccc(-n3c4c(c5c6oc7ccccc7c6ccc53)CCCC4)c2)=C1. The van der Waals surface area contributed by atoms with Gasteiger partial charge in [0.05, 0.1) is 5.52 Å². The smallest absolute Gasteiger partial charge is 0.145 e. The first-order valence-electron chi connectivity index (χ1n) is 11.8. The van der Waals surface area contributed by atoms with Gasteiger partial charge in [-0.05, 0) is 85.6 Å². The van der Waals surface area contributed by atoms with E-state index in [4.69, 9.17) is 4.42 Å². The molecule has 0 saturated heterocycles. The maximum Gasteiger partial charge on any atom is 0.145 e. The fraction of sp³-hybridized carbons (Fsp3) is 0.200. The monoisotopic (exact) mass is 415 g/mol. The van der Waals surface area contributed by atoms with Crippen LogP contribution in [0.3, 0.4) is 0 Å². The highest BCUT2D eigenvalue weighted by Crippen LogP contribution is 2.41. The number of hydrogen-bond donors (Lipinski definition) is 0. The number of nitrogens with zero attached hydrogens (tertiary/aromatic N) is 1. The van der Waals surface area contributed by atoms with Crippen LogP contribution >= 0.6 is 0 Å². The van der Waals surface area contributed by atoms with Gasteiger partial charge in [-0.25, -0.2) is 0 Å². The largest absolute Gasteiger partial charge is 0.455 e. The highest BCUT2D eigenvalue weighted by Gasteiger charge is 2.24. The van der Waals surface area contributed by atoms with Crippen molar-refractivity contribution in [3.63, 3.8) is 0 Å². The Labute approximate surface area is 187 Å². The molecule has 0 unspecified atom stereocenters. The van der Waals surface area contributed by atoms with Crippen LogP contribution in [0.15, 0.2) is 83.3 Å². The number of fused-ring (bicyclic) bond motifs is 7. The minimum atomic E-state index is 0.978. The second-order valence-corrected chi connectivity index (χ2v) is 9.11. The molecular weight excluding hydrogens is 390 g/mol. The molecule has 0 aliphatic heterocycles. The van der Waals surface area contributed by atoms with Gasteiger partial charge in [0.2, 0.25) is 0 Å². The minimum absolute atomic E-state index is 0.978. The molecule has 3 aromatic carbocycles. The van der Waals surface area contributed by atoms with Crippen LogP contribution in [0.25, 0.3) is 44.1 Å². The summed E-state index contributed by atoms with van der Waals surface area (Å²) in [4.78, 5) is 0. The van der Waals surface area contributed by atoms with Gasteiger partial charge in [-0.15, -0.1) is 0 Å². The summed E-state index contributed by atoms with van der Waals surface area (Å²) in [5, 5.41) is 3.76. The van der Waals surface area contributed by atoms with Gasteiger partial charge in [-0.1, -0.05) is 48.6 Å². The van der Waals surface area contributed by atoms with E-state index in [0.29, 0.717) is 0 Å². The van der Waals surface area contributed by atoms with Crippen LogP contribution in [0.2, 0.25) is 0 Å². The molecule has 2 aromatic heterocycles. The fourth-order valence-electron chi connectivity index (χ4n) is 5.79. The third-order valence-electron chi connectivity index (χ3n) is 7.27. The van der Waals surface area contributed by atoms with Crippen molar-refractivity contribution in [1.82, 2.24) is 4.57 Å². The van der Waals surface area contributed by atoms with Crippen LogP contribution in [0.4, 0.5) is 0 Å². The molecule has 0 bridgehead atoms. The summed E-state index contributed by atoms with van der Waals surface area (Å²) in [6, 6.07) is 22.1. The summed E-state index contributed by atoms with van der Waals surface area (Å²) < 4.78 is 8.98. The molecule has 156 valence electrons. The molecule has 0 radical (unpaired) electrons. The summed E-state index contributed by atoms with van der Waals surface area (Å²) >= 11 is 0. The normalized spacial score (nSPS) is 16.1. The lowest BCUT2D eigenvalue weighted by atomic mass is 9.94. The van der Waals surface area contributed by atoms with E-state index in [2.05, 4.69) is 83.5 Å². The molecule has 2 aliphatic rings. The maximum atomic E-state index is 6.47. The lowest BCUT2D eigenvalue weighted by molar-refractivity contribution is 0.662. The van der Waals surface area contributed by atoms with Gasteiger partial charge in [0.15, 0.2) is 0 Å². The number of para-hydroxylation sites is 1. The molecule has 2 heteroatoms. The summed E-state index contributed by atoms with van der Waals surface area (Å²) in [7, 11) is 0. The standard InChI is InChI=1S/C30H25NO/c1-2-9-20(10-3-1)21-11-8-12-22(19-21)31-26-15-6-4-14-25(26)29-27(31)18-17-24-23-13-5-7-16-28(23)32-30(24)29/h1-2,5,7-9,11-13,16-19H,3-4,6,10,14-15H2. The molecule has 2 nitrogen and oxygen atoms in total. The Kier molecular flexibility index (Phi) is 3.96. The number of rotatable bonds is 2. The third kappa shape index (κ3) is 2.59. The molecule has 0 N–H and O–H groups in total. The van der Waals surface area contributed by atoms with E-state index < -0.39 is 0 Å². The maximum absolute atomic E-state index is 6.47. The van der Waals surface area contributed by atoms with Gasteiger partial charge in [-0.2, -0.15) is 0 Å². The van der Waals surface area contributed by atoms with Gasteiger partial charge in [0.25, 0.3) is 0 Å². The number of furan rings is 1. The quantitative estimate of drug-likeness (QED) is 0.284. The van der Waals surface area contributed by atoms with Gasteiger partial charge in [0.1, 0.15) is 11.2 Å². The highest BCUT2D eigenvalue weighted by atomic mass is 16.3. The lowest BCUT2D eigenvalue weighted by Gasteiger charge is -2.17.